The maximum absolute atomic E-state index is 13.3. The molecule has 10 nitrogen and oxygen atoms in total. The lowest BCUT2D eigenvalue weighted by Crippen LogP contribution is -2.48. The predicted octanol–water partition coefficient (Wildman–Crippen LogP) is 17.7. The number of amides is 1. The summed E-state index contributed by atoms with van der Waals surface area (Å²) in [6, 6.07) is 31.9. The van der Waals surface area contributed by atoms with Gasteiger partial charge in [0.25, 0.3) is 0 Å². The van der Waals surface area contributed by atoms with Crippen LogP contribution in [0.1, 0.15) is 83.6 Å². The number of carbonyl (C=O) groups excluding carboxylic acids is 1. The molecular formula is C55H58F9I5N2O8. The Kier molecular flexibility index (Phi) is 35.1. The largest absolute Gasteiger partial charge is 0.478 e. The molecule has 79 heavy (non-hydrogen) atoms. The Hall–Kier alpha value is -3.57. The second-order valence-electron chi connectivity index (χ2n) is 16.1. The van der Waals surface area contributed by atoms with Gasteiger partial charge >= 0.3 is 36.6 Å². The van der Waals surface area contributed by atoms with E-state index < -0.39 is 76.5 Å². The van der Waals surface area contributed by atoms with Crippen LogP contribution in [0.4, 0.5) is 44.3 Å². The number of rotatable bonds is 17. The van der Waals surface area contributed by atoms with Crippen molar-refractivity contribution in [1.29, 1.82) is 0 Å². The predicted molar refractivity (Wildman–Crippen MR) is 332 cm³/mol. The number of halogens is 14. The molecule has 0 aliphatic carbocycles. The van der Waals surface area contributed by atoms with E-state index in [-0.39, 0.29) is 38.9 Å². The van der Waals surface area contributed by atoms with E-state index in [9.17, 15) is 53.9 Å². The number of benzene rings is 5. The highest BCUT2D eigenvalue weighted by atomic mass is 127. The molecule has 0 fully saturated rings. The number of alkyl halides is 14. The maximum atomic E-state index is 13.3. The number of nitrogens with one attached hydrogen (secondary N) is 1. The van der Waals surface area contributed by atoms with E-state index in [1.165, 1.54) is 15.4 Å². The molecule has 0 aliphatic rings. The fourth-order valence-electron chi connectivity index (χ4n) is 6.38. The summed E-state index contributed by atoms with van der Waals surface area (Å²) in [5, 5.41) is 18.3. The van der Waals surface area contributed by atoms with Gasteiger partial charge in [-0.25, -0.2) is 14.4 Å². The normalized spacial score (nSPS) is 13.4. The number of hydrogen-bond donors (Lipinski definition) is 4. The van der Waals surface area contributed by atoms with Crippen LogP contribution in [-0.2, 0) is 60.0 Å². The minimum absolute atomic E-state index is 0. The minimum atomic E-state index is -4.99. The number of hydrogen-bond acceptors (Lipinski definition) is 7. The van der Waals surface area contributed by atoms with Gasteiger partial charge in [-0.1, -0.05) is 235 Å². The lowest BCUT2D eigenvalue weighted by Gasteiger charge is -2.33. The van der Waals surface area contributed by atoms with Gasteiger partial charge in [0.1, 0.15) is 12.1 Å². The summed E-state index contributed by atoms with van der Waals surface area (Å²) in [6.45, 7) is 11.9. The second-order valence-corrected chi connectivity index (χ2v) is 31.4. The molecule has 5 aromatic rings. The average molecular weight is 1680 g/mol. The van der Waals surface area contributed by atoms with Gasteiger partial charge in [-0.3, -0.25) is 0 Å². The summed E-state index contributed by atoms with van der Waals surface area (Å²) in [5.41, 5.74) is 3.22. The van der Waals surface area contributed by atoms with Gasteiger partial charge in [0.15, 0.2) is 0 Å². The highest BCUT2D eigenvalue weighted by molar-refractivity contribution is 14.3. The lowest BCUT2D eigenvalue weighted by atomic mass is 9.90. The molecule has 5 aromatic carbocycles. The Balaban J connectivity index is 0.00000127. The van der Waals surface area contributed by atoms with E-state index in [1.54, 1.807) is 80.6 Å². The number of carboxylic acid groups (broad SMARTS) is 2. The quantitative estimate of drug-likeness (QED) is 0.0234. The van der Waals surface area contributed by atoms with Crippen molar-refractivity contribution < 1.29 is 78.3 Å². The molecule has 0 heterocycles. The molecule has 0 saturated heterocycles. The fraction of sp³-hybridized carbons (Fsp3) is 0.291. The van der Waals surface area contributed by atoms with E-state index >= 15 is 0 Å². The summed E-state index contributed by atoms with van der Waals surface area (Å²) >= 11 is 11.5. The fourth-order valence-corrected chi connectivity index (χ4v) is 6.38. The lowest BCUT2D eigenvalue weighted by molar-refractivity contribution is -0.143. The van der Waals surface area contributed by atoms with Crippen LogP contribution in [0.5, 0.6) is 0 Å². The van der Waals surface area contributed by atoms with Gasteiger partial charge in [-0.05, 0) is 78.9 Å². The van der Waals surface area contributed by atoms with Crippen molar-refractivity contribution in [3.05, 3.63) is 215 Å². The molecule has 5 N–H and O–H groups in total. The molecule has 4 atom stereocenters. The molecule has 0 saturated carbocycles. The van der Waals surface area contributed by atoms with Gasteiger partial charge in [-0.15, -0.1) is 13.2 Å². The molecule has 0 bridgehead atoms. The van der Waals surface area contributed by atoms with Crippen LogP contribution in [0.2, 0.25) is 0 Å². The summed E-state index contributed by atoms with van der Waals surface area (Å²) < 4.78 is 138. The third kappa shape index (κ3) is 29.3. The zero-order valence-electron chi connectivity index (χ0n) is 41.6. The number of carboxylic acids is 2. The summed E-state index contributed by atoms with van der Waals surface area (Å²) in [4.78, 5) is 31.8. The third-order valence-corrected chi connectivity index (χ3v) is 10.3. The molecule has 5 rings (SSSR count). The average Bonchev–Trinajstić information content (AvgIpc) is 3.38. The SMILES string of the molecule is C.C=C[C@@](N)(CO[C@H](C)c1cc(C)cc(C(F)(F)F)c1)c1ccccc1.C=C[C@](CO[C@H](C)c1cc(C(F)(F)F)cc(C(F)(F)F)c1)(NC(=O)OCc1ccccc1)c1ccccc1.IC(I)I.ICI.O=C(O)/C=C\C(=O)O. The molecular weight excluding hydrogens is 1620 g/mol. The first-order valence-electron chi connectivity index (χ1n) is 22.3. The monoisotopic (exact) mass is 1680 g/mol. The van der Waals surface area contributed by atoms with Gasteiger partial charge in [0, 0.05) is 12.2 Å². The molecule has 0 radical (unpaired) electrons. The zero-order valence-corrected chi connectivity index (χ0v) is 52.4. The van der Waals surface area contributed by atoms with Crippen molar-refractivity contribution in [1.82, 2.24) is 5.32 Å². The molecule has 0 spiro atoms. The van der Waals surface area contributed by atoms with Gasteiger partial charge in [0.05, 0.1) is 50.1 Å². The van der Waals surface area contributed by atoms with Crippen LogP contribution in [0.15, 0.2) is 165 Å². The van der Waals surface area contributed by atoms with Gasteiger partial charge in [-0.2, -0.15) is 39.5 Å². The maximum Gasteiger partial charge on any atom is 0.416 e. The number of aryl methyl sites for hydroxylation is 1. The van der Waals surface area contributed by atoms with E-state index in [2.05, 4.69) is 131 Å². The topological polar surface area (TPSA) is 157 Å². The minimum Gasteiger partial charge on any atom is -0.478 e. The third-order valence-electron chi connectivity index (χ3n) is 10.3. The van der Waals surface area contributed by atoms with Crippen LogP contribution in [-0.4, -0.2) is 43.8 Å². The Morgan fingerprint density at radius 1 is 0.608 bits per heavy atom. The van der Waals surface area contributed by atoms with E-state index in [0.717, 1.165) is 23.2 Å². The molecule has 1 amide bonds. The van der Waals surface area contributed by atoms with Crippen molar-refractivity contribution in [2.24, 2.45) is 5.73 Å². The molecule has 434 valence electrons. The van der Waals surface area contributed by atoms with Gasteiger partial charge < -0.3 is 35.5 Å². The number of alkyl carbamates (subject to hydrolysis) is 1. The van der Waals surface area contributed by atoms with E-state index in [0.29, 0.717) is 41.0 Å². The first-order valence-corrected chi connectivity index (χ1v) is 29.1. The van der Waals surface area contributed by atoms with Gasteiger partial charge in [0.2, 0.25) is 0 Å². The van der Waals surface area contributed by atoms with Crippen LogP contribution in [0, 0.1) is 6.92 Å². The highest BCUT2D eigenvalue weighted by Crippen LogP contribution is 2.39. The standard InChI is InChI=1S/C28H25F6NO3.C20H22F3NO.C4H4O4.CHI3.CH2I2.CH4/c1-3-26(22-12-8-5-9-13-22,35-25(36)37-17-20-10-6-4-7-11-20)18-38-19(2)21-14-23(27(29,30)31)16-24(15-21)28(32,33)34;1-4-19(24,17-8-6-5-7-9-17)13-25-15(3)16-10-14(2)11-18(12-16)20(21,22)23;5-3(6)1-2-4(7)8;2-1(3)4;2-1-3;/h3-16,19H,1,17-18H2,2H3,(H,35,36);4-12,15H,1,13,24H2,2-3H3;1-2H,(H,5,6)(H,7,8);1H;1H2;1H4/b;;2-1-;;;/t19-,26-;15-,19-;;;;/m11..../s1. The summed E-state index contributed by atoms with van der Waals surface area (Å²) in [5.74, 6) is -2.51. The van der Waals surface area contributed by atoms with Crippen molar-refractivity contribution in [3.8, 4) is 0 Å². The van der Waals surface area contributed by atoms with Crippen LogP contribution < -0.4 is 11.1 Å². The number of aliphatic carboxylic acids is 2. The number of nitrogens with two attached hydrogens (primary N) is 1. The molecule has 0 aromatic heterocycles. The van der Waals surface area contributed by atoms with Crippen molar-refractivity contribution in [2.75, 3.05) is 15.6 Å². The van der Waals surface area contributed by atoms with Crippen molar-refractivity contribution in [2.45, 2.75) is 76.6 Å². The Labute approximate surface area is 522 Å². The molecule has 0 aliphatic heterocycles. The number of carbonyl (C=O) groups is 3. The van der Waals surface area contributed by atoms with Crippen LogP contribution >= 0.6 is 113 Å². The van der Waals surface area contributed by atoms with Crippen molar-refractivity contribution >= 4 is 131 Å². The molecule has 24 heteroatoms. The number of ether oxygens (including phenoxy) is 3. The van der Waals surface area contributed by atoms with Crippen molar-refractivity contribution in [3.63, 3.8) is 0 Å². The van der Waals surface area contributed by atoms with Crippen LogP contribution in [0.3, 0.4) is 0 Å². The highest BCUT2D eigenvalue weighted by Gasteiger charge is 2.39. The summed E-state index contributed by atoms with van der Waals surface area (Å²) in [7, 11) is 0. The van der Waals surface area contributed by atoms with Crippen LogP contribution in [0.25, 0.3) is 0 Å². The molecule has 0 unspecified atom stereocenters. The second kappa shape index (κ2) is 36.8. The first kappa shape index (κ1) is 75.4. The summed E-state index contributed by atoms with van der Waals surface area (Å²) in [6.07, 6.45) is -12.9. The van der Waals surface area contributed by atoms with E-state index in [4.69, 9.17) is 30.2 Å². The first-order chi connectivity index (χ1) is 36.3. The Morgan fingerprint density at radius 2 is 0.975 bits per heavy atom. The smallest absolute Gasteiger partial charge is 0.416 e. The Bertz CT molecular complexity index is 2620. The van der Waals surface area contributed by atoms with E-state index in [1.807, 2.05) is 36.4 Å². The zero-order chi connectivity index (χ0) is 59.5. The Morgan fingerprint density at radius 3 is 1.35 bits per heavy atom.